The fraction of sp³-hybridized carbons (Fsp3) is 0.667. The molecule has 0 aromatic carbocycles. The maximum atomic E-state index is 9.87. The van der Waals surface area contributed by atoms with Crippen molar-refractivity contribution < 1.29 is 10.2 Å². The zero-order valence-corrected chi connectivity index (χ0v) is 9.78. The summed E-state index contributed by atoms with van der Waals surface area (Å²) < 4.78 is 1.47. The van der Waals surface area contributed by atoms with E-state index in [4.69, 9.17) is 11.6 Å². The molecule has 0 aliphatic rings. The van der Waals surface area contributed by atoms with Crippen molar-refractivity contribution in [1.29, 1.82) is 0 Å². The molecule has 0 aliphatic heterocycles. The summed E-state index contributed by atoms with van der Waals surface area (Å²) in [4.78, 5) is 0. The number of nitrogens with zero attached hydrogens (tertiary/aromatic N) is 2. The predicted molar refractivity (Wildman–Crippen MR) is 57.8 cm³/mol. The smallest absolute Gasteiger partial charge is 0.132 e. The minimum Gasteiger partial charge on any atom is -0.389 e. The summed E-state index contributed by atoms with van der Waals surface area (Å²) >= 11 is 5.96. The minimum absolute atomic E-state index is 0.297. The molecule has 3 N–H and O–H groups in total. The van der Waals surface area contributed by atoms with E-state index in [-0.39, 0.29) is 0 Å². The highest BCUT2D eigenvalue weighted by Crippen LogP contribution is 2.27. The van der Waals surface area contributed by atoms with Crippen LogP contribution in [0.25, 0.3) is 0 Å². The zero-order chi connectivity index (χ0) is 11.6. The average Bonchev–Trinajstić information content (AvgIpc) is 2.41. The maximum absolute atomic E-state index is 9.87. The Labute approximate surface area is 93.7 Å². The third kappa shape index (κ3) is 2.49. The normalized spacial score (nSPS) is 15.3. The van der Waals surface area contributed by atoms with E-state index in [1.807, 2.05) is 0 Å². The van der Waals surface area contributed by atoms with Crippen molar-refractivity contribution in [3.63, 3.8) is 0 Å². The molecule has 0 radical (unpaired) electrons. The Morgan fingerprint density at radius 3 is 2.53 bits per heavy atom. The number of aromatic nitrogens is 2. The molecule has 1 aromatic rings. The van der Waals surface area contributed by atoms with Gasteiger partial charge in [-0.15, -0.1) is 0 Å². The first-order valence-electron chi connectivity index (χ1n) is 4.68. The SMILES string of the molecule is CNCC(O)C(O)c1c(C)nn(C)c1Cl. The van der Waals surface area contributed by atoms with Crippen molar-refractivity contribution in [3.8, 4) is 0 Å². The van der Waals surface area contributed by atoms with Crippen LogP contribution < -0.4 is 5.32 Å². The summed E-state index contributed by atoms with van der Waals surface area (Å²) in [6, 6.07) is 0. The van der Waals surface area contributed by atoms with Gasteiger partial charge >= 0.3 is 0 Å². The van der Waals surface area contributed by atoms with Gasteiger partial charge in [-0.2, -0.15) is 5.10 Å². The number of hydrogen-bond donors (Lipinski definition) is 3. The van der Waals surface area contributed by atoms with Crippen LogP contribution in [0.5, 0.6) is 0 Å². The number of halogens is 1. The number of likely N-dealkylation sites (N-methyl/N-ethyl adjacent to an activating group) is 1. The van der Waals surface area contributed by atoms with Gasteiger partial charge in [0.15, 0.2) is 0 Å². The quantitative estimate of drug-likeness (QED) is 0.685. The van der Waals surface area contributed by atoms with E-state index in [1.54, 1.807) is 21.0 Å². The minimum atomic E-state index is -1.02. The second-order valence-electron chi connectivity index (χ2n) is 3.48. The fourth-order valence-corrected chi connectivity index (χ4v) is 1.78. The molecule has 1 rings (SSSR count). The van der Waals surface area contributed by atoms with E-state index < -0.39 is 12.2 Å². The molecule has 1 heterocycles. The Morgan fingerprint density at radius 1 is 1.53 bits per heavy atom. The number of rotatable bonds is 4. The van der Waals surface area contributed by atoms with Gasteiger partial charge in [0.2, 0.25) is 0 Å². The van der Waals surface area contributed by atoms with Gasteiger partial charge in [0.25, 0.3) is 0 Å². The number of hydrogen-bond acceptors (Lipinski definition) is 4. The largest absolute Gasteiger partial charge is 0.389 e. The number of nitrogens with one attached hydrogen (secondary N) is 1. The van der Waals surface area contributed by atoms with E-state index in [2.05, 4.69) is 10.4 Å². The van der Waals surface area contributed by atoms with Crippen LogP contribution in [0.4, 0.5) is 0 Å². The van der Waals surface area contributed by atoms with Crippen LogP contribution in [0.1, 0.15) is 17.4 Å². The lowest BCUT2D eigenvalue weighted by atomic mass is 10.1. The van der Waals surface area contributed by atoms with Gasteiger partial charge in [0.05, 0.1) is 11.8 Å². The van der Waals surface area contributed by atoms with Crippen LogP contribution in [-0.4, -0.2) is 39.7 Å². The van der Waals surface area contributed by atoms with Crippen molar-refractivity contribution >= 4 is 11.6 Å². The summed E-state index contributed by atoms with van der Waals surface area (Å²) in [6.07, 6.45) is -1.91. The van der Waals surface area contributed by atoms with Crippen molar-refractivity contribution in [3.05, 3.63) is 16.4 Å². The standard InChI is InChI=1S/C9H16ClN3O2/c1-5-7(9(10)13(3)12-5)8(15)6(14)4-11-2/h6,8,11,14-15H,4H2,1-3H3. The van der Waals surface area contributed by atoms with Crippen LogP contribution in [0.2, 0.25) is 5.15 Å². The molecule has 15 heavy (non-hydrogen) atoms. The van der Waals surface area contributed by atoms with Crippen LogP contribution >= 0.6 is 11.6 Å². The van der Waals surface area contributed by atoms with Crippen LogP contribution in [-0.2, 0) is 7.05 Å². The summed E-state index contributed by atoms with van der Waals surface area (Å²) in [7, 11) is 3.39. The molecule has 1 aromatic heterocycles. The second-order valence-corrected chi connectivity index (χ2v) is 3.84. The predicted octanol–water partition coefficient (Wildman–Crippen LogP) is -0.00438. The van der Waals surface area contributed by atoms with Crippen molar-refractivity contribution in [2.75, 3.05) is 13.6 Å². The highest BCUT2D eigenvalue weighted by atomic mass is 35.5. The Balaban J connectivity index is 2.94. The topological polar surface area (TPSA) is 70.3 Å². The first-order chi connectivity index (χ1) is 6.99. The first kappa shape index (κ1) is 12.4. The molecule has 0 saturated carbocycles. The number of aliphatic hydroxyl groups is 2. The molecule has 0 aliphatic carbocycles. The molecule has 0 fully saturated rings. The molecular weight excluding hydrogens is 218 g/mol. The highest BCUT2D eigenvalue weighted by molar-refractivity contribution is 6.30. The van der Waals surface area contributed by atoms with E-state index in [9.17, 15) is 10.2 Å². The summed E-state index contributed by atoms with van der Waals surface area (Å²) in [5.41, 5.74) is 1.12. The number of aryl methyl sites for hydroxylation is 2. The van der Waals surface area contributed by atoms with Crippen molar-refractivity contribution in [2.45, 2.75) is 19.1 Å². The Hall–Kier alpha value is -0.620. The molecule has 2 atom stereocenters. The molecule has 6 heteroatoms. The summed E-state index contributed by atoms with van der Waals surface area (Å²) in [5.74, 6) is 0. The van der Waals surface area contributed by atoms with Gasteiger partial charge in [-0.1, -0.05) is 11.6 Å². The maximum Gasteiger partial charge on any atom is 0.132 e. The average molecular weight is 234 g/mol. The van der Waals surface area contributed by atoms with E-state index >= 15 is 0 Å². The highest BCUT2D eigenvalue weighted by Gasteiger charge is 2.25. The van der Waals surface area contributed by atoms with Crippen molar-refractivity contribution in [1.82, 2.24) is 15.1 Å². The van der Waals surface area contributed by atoms with Crippen LogP contribution in [0, 0.1) is 6.92 Å². The van der Waals surface area contributed by atoms with Gasteiger partial charge in [-0.05, 0) is 14.0 Å². The second kappa shape index (κ2) is 4.94. The van der Waals surface area contributed by atoms with Gasteiger partial charge in [-0.25, -0.2) is 0 Å². The molecule has 2 unspecified atom stereocenters. The lowest BCUT2D eigenvalue weighted by Gasteiger charge is -2.17. The molecule has 0 saturated heterocycles. The first-order valence-corrected chi connectivity index (χ1v) is 5.06. The molecule has 0 amide bonds. The Bertz CT molecular complexity index is 340. The zero-order valence-electron chi connectivity index (χ0n) is 9.03. The lowest BCUT2D eigenvalue weighted by molar-refractivity contribution is 0.0199. The van der Waals surface area contributed by atoms with Gasteiger partial charge in [-0.3, -0.25) is 4.68 Å². The van der Waals surface area contributed by atoms with Gasteiger partial charge in [0, 0.05) is 19.2 Å². The lowest BCUT2D eigenvalue weighted by Crippen LogP contribution is -2.29. The van der Waals surface area contributed by atoms with Crippen LogP contribution in [0.15, 0.2) is 0 Å². The third-order valence-corrected chi connectivity index (χ3v) is 2.72. The third-order valence-electron chi connectivity index (χ3n) is 2.27. The molecule has 0 bridgehead atoms. The van der Waals surface area contributed by atoms with Crippen molar-refractivity contribution in [2.24, 2.45) is 7.05 Å². The molecule has 5 nitrogen and oxygen atoms in total. The van der Waals surface area contributed by atoms with Gasteiger partial charge < -0.3 is 15.5 Å². The fourth-order valence-electron chi connectivity index (χ4n) is 1.50. The Kier molecular flexibility index (Phi) is 4.10. The summed E-state index contributed by atoms with van der Waals surface area (Å²) in [6.45, 7) is 2.04. The van der Waals surface area contributed by atoms with E-state index in [0.29, 0.717) is 23.0 Å². The number of aliphatic hydroxyl groups excluding tert-OH is 2. The van der Waals surface area contributed by atoms with Crippen LogP contribution in [0.3, 0.4) is 0 Å². The Morgan fingerprint density at radius 2 is 2.13 bits per heavy atom. The monoisotopic (exact) mass is 233 g/mol. The molecular formula is C9H16ClN3O2. The van der Waals surface area contributed by atoms with Gasteiger partial charge in [0.1, 0.15) is 11.3 Å². The van der Waals surface area contributed by atoms with E-state index in [0.717, 1.165) is 0 Å². The molecule has 86 valence electrons. The molecule has 0 spiro atoms. The summed E-state index contributed by atoms with van der Waals surface area (Å²) in [5, 5.41) is 26.7. The van der Waals surface area contributed by atoms with E-state index in [1.165, 1.54) is 4.68 Å².